The molecule has 6 heteroatoms. The van der Waals surface area contributed by atoms with E-state index in [4.69, 9.17) is 9.15 Å². The van der Waals surface area contributed by atoms with E-state index in [1.54, 1.807) is 36.4 Å². The van der Waals surface area contributed by atoms with Crippen molar-refractivity contribution in [1.82, 2.24) is 4.90 Å². The number of amides is 1. The molecule has 0 spiro atoms. The predicted molar refractivity (Wildman–Crippen MR) is 149 cm³/mol. The van der Waals surface area contributed by atoms with Crippen LogP contribution in [0.5, 0.6) is 5.75 Å². The summed E-state index contributed by atoms with van der Waals surface area (Å²) in [4.78, 5) is 28.0. The molecule has 0 unspecified atom stereocenters. The topological polar surface area (TPSA) is 80.0 Å². The van der Waals surface area contributed by atoms with Crippen LogP contribution < -0.4 is 4.74 Å². The molecule has 1 aromatic heterocycles. The van der Waals surface area contributed by atoms with Gasteiger partial charge in [0.15, 0.2) is 0 Å². The first-order chi connectivity index (χ1) is 18.8. The highest BCUT2D eigenvalue weighted by Crippen LogP contribution is 2.40. The number of furan rings is 1. The molecule has 1 N–H and O–H groups in total. The Bertz CT molecular complexity index is 1500. The Kier molecular flexibility index (Phi) is 7.37. The van der Waals surface area contributed by atoms with Crippen molar-refractivity contribution in [2.24, 2.45) is 0 Å². The van der Waals surface area contributed by atoms with Gasteiger partial charge < -0.3 is 19.2 Å². The molecule has 0 saturated carbocycles. The van der Waals surface area contributed by atoms with Crippen LogP contribution in [0.3, 0.4) is 0 Å². The number of carbonyl (C=O) groups excluding carboxylic acids is 2. The summed E-state index contributed by atoms with van der Waals surface area (Å²) >= 11 is 0. The molecule has 6 nitrogen and oxygen atoms in total. The number of aryl methyl sites for hydroxylation is 1. The van der Waals surface area contributed by atoms with Crippen LogP contribution in [-0.4, -0.2) is 21.7 Å². The number of hydrogen-bond acceptors (Lipinski definition) is 5. The van der Waals surface area contributed by atoms with Gasteiger partial charge in [-0.05, 0) is 65.9 Å². The van der Waals surface area contributed by atoms with Crippen LogP contribution in [0.2, 0.25) is 0 Å². The fourth-order valence-electron chi connectivity index (χ4n) is 4.86. The van der Waals surface area contributed by atoms with Gasteiger partial charge in [-0.25, -0.2) is 0 Å². The van der Waals surface area contributed by atoms with Crippen LogP contribution in [0.1, 0.15) is 59.4 Å². The number of Topliss-reactive ketones (excluding diaryl/α,β-unsaturated/α-hetero) is 1. The number of hydrogen-bond donors (Lipinski definition) is 1. The number of aliphatic hydroxyl groups is 1. The van der Waals surface area contributed by atoms with Crippen LogP contribution in [0, 0.1) is 6.92 Å². The van der Waals surface area contributed by atoms with Gasteiger partial charge in [0.25, 0.3) is 11.7 Å². The summed E-state index contributed by atoms with van der Waals surface area (Å²) in [6.07, 6.45) is 1.53. The molecule has 1 fully saturated rings. The summed E-state index contributed by atoms with van der Waals surface area (Å²) in [7, 11) is 0. The van der Waals surface area contributed by atoms with E-state index in [-0.39, 0.29) is 17.9 Å². The molecule has 198 valence electrons. The molecular formula is C33H31NO5. The lowest BCUT2D eigenvalue weighted by Crippen LogP contribution is -2.29. The second-order valence-corrected chi connectivity index (χ2v) is 10.1. The van der Waals surface area contributed by atoms with E-state index < -0.39 is 17.7 Å². The number of aliphatic hydroxyl groups excluding tert-OH is 1. The molecule has 1 aliphatic rings. The van der Waals surface area contributed by atoms with E-state index in [0.717, 1.165) is 22.3 Å². The molecule has 5 rings (SSSR count). The lowest BCUT2D eigenvalue weighted by molar-refractivity contribution is -0.140. The van der Waals surface area contributed by atoms with Gasteiger partial charge in [-0.1, -0.05) is 67.9 Å². The van der Waals surface area contributed by atoms with E-state index in [9.17, 15) is 14.7 Å². The van der Waals surface area contributed by atoms with Crippen molar-refractivity contribution >= 4 is 17.4 Å². The van der Waals surface area contributed by atoms with Gasteiger partial charge in [-0.3, -0.25) is 9.59 Å². The average Bonchev–Trinajstić information content (AvgIpc) is 3.54. The molecule has 3 aromatic carbocycles. The minimum Gasteiger partial charge on any atom is -0.507 e. The highest BCUT2D eigenvalue weighted by molar-refractivity contribution is 6.46. The summed E-state index contributed by atoms with van der Waals surface area (Å²) in [6.45, 7) is 6.76. The molecule has 2 heterocycles. The lowest BCUT2D eigenvalue weighted by atomic mass is 9.93. The number of ether oxygens (including phenoxy) is 1. The number of benzene rings is 3. The summed E-state index contributed by atoms with van der Waals surface area (Å²) in [5.74, 6) is -0.109. The Morgan fingerprint density at radius 3 is 2.36 bits per heavy atom. The van der Waals surface area contributed by atoms with Crippen LogP contribution in [0.4, 0.5) is 0 Å². The Labute approximate surface area is 228 Å². The summed E-state index contributed by atoms with van der Waals surface area (Å²) in [5, 5.41) is 11.4. The standard InChI is InChI=1S/C33H31NO5/c1-21(2)24-9-11-25(12-10-24)30-29(32(36)33(37)34(30)19-28-8-5-17-38-28)31(35)26-13-15-27(16-14-26)39-20-23-7-4-6-22(3)18-23/h4-18,21,30,35H,19-20H2,1-3H3/t30-/m0/s1. The summed E-state index contributed by atoms with van der Waals surface area (Å²) < 4.78 is 11.4. The molecule has 1 amide bonds. The molecule has 0 aliphatic carbocycles. The molecule has 4 aromatic rings. The maximum absolute atomic E-state index is 13.3. The zero-order chi connectivity index (χ0) is 27.5. The van der Waals surface area contributed by atoms with Crippen molar-refractivity contribution in [3.8, 4) is 5.75 Å². The smallest absolute Gasteiger partial charge is 0.296 e. The SMILES string of the molecule is Cc1cccc(COc2ccc(C(O)=C3C(=O)C(=O)N(Cc4ccco4)[C@H]3c3ccc(C(C)C)cc3)cc2)c1. The van der Waals surface area contributed by atoms with Crippen molar-refractivity contribution in [2.45, 2.75) is 45.9 Å². The van der Waals surface area contributed by atoms with Gasteiger partial charge in [-0.15, -0.1) is 0 Å². The molecule has 1 aliphatic heterocycles. The zero-order valence-corrected chi connectivity index (χ0v) is 22.3. The minimum atomic E-state index is -0.756. The molecule has 39 heavy (non-hydrogen) atoms. The normalized spacial score (nSPS) is 16.7. The monoisotopic (exact) mass is 521 g/mol. The number of rotatable bonds is 8. The first-order valence-corrected chi connectivity index (χ1v) is 13.0. The second-order valence-electron chi connectivity index (χ2n) is 10.1. The molecule has 0 radical (unpaired) electrons. The number of nitrogens with zero attached hydrogens (tertiary/aromatic N) is 1. The van der Waals surface area contributed by atoms with Crippen LogP contribution in [-0.2, 0) is 22.7 Å². The number of likely N-dealkylation sites (tertiary alicyclic amines) is 1. The Hall–Kier alpha value is -4.58. The average molecular weight is 522 g/mol. The third-order valence-corrected chi connectivity index (χ3v) is 6.98. The predicted octanol–water partition coefficient (Wildman–Crippen LogP) is 6.91. The first-order valence-electron chi connectivity index (χ1n) is 13.0. The van der Waals surface area contributed by atoms with Crippen LogP contribution in [0.15, 0.2) is 101 Å². The van der Waals surface area contributed by atoms with E-state index in [1.165, 1.54) is 11.2 Å². The third kappa shape index (κ3) is 5.50. The first kappa shape index (κ1) is 26.0. The maximum atomic E-state index is 13.3. The van der Waals surface area contributed by atoms with Gasteiger partial charge in [0.2, 0.25) is 0 Å². The van der Waals surface area contributed by atoms with Crippen molar-refractivity contribution < 1.29 is 23.8 Å². The van der Waals surface area contributed by atoms with Gasteiger partial charge in [-0.2, -0.15) is 0 Å². The second kappa shape index (κ2) is 11.0. The van der Waals surface area contributed by atoms with Crippen LogP contribution in [0.25, 0.3) is 5.76 Å². The van der Waals surface area contributed by atoms with Gasteiger partial charge in [0.1, 0.15) is 23.9 Å². The summed E-state index contributed by atoms with van der Waals surface area (Å²) in [6, 6.07) is 25.5. The van der Waals surface area contributed by atoms with Crippen LogP contribution >= 0.6 is 0 Å². The highest BCUT2D eigenvalue weighted by atomic mass is 16.5. The molecular weight excluding hydrogens is 490 g/mol. The Balaban J connectivity index is 1.47. The molecule has 1 saturated heterocycles. The van der Waals surface area contributed by atoms with E-state index in [2.05, 4.69) is 19.9 Å². The summed E-state index contributed by atoms with van der Waals surface area (Å²) in [5.41, 5.74) is 4.58. The van der Waals surface area contributed by atoms with Gasteiger partial charge >= 0.3 is 0 Å². The van der Waals surface area contributed by atoms with Crippen molar-refractivity contribution in [1.29, 1.82) is 0 Å². The van der Waals surface area contributed by atoms with E-state index in [1.807, 2.05) is 49.4 Å². The zero-order valence-electron chi connectivity index (χ0n) is 22.3. The van der Waals surface area contributed by atoms with Gasteiger partial charge in [0, 0.05) is 5.56 Å². The Morgan fingerprint density at radius 2 is 1.72 bits per heavy atom. The largest absolute Gasteiger partial charge is 0.507 e. The molecule has 1 atom stereocenters. The number of ketones is 1. The lowest BCUT2D eigenvalue weighted by Gasteiger charge is -2.25. The highest BCUT2D eigenvalue weighted by Gasteiger charge is 2.46. The van der Waals surface area contributed by atoms with Crippen molar-refractivity contribution in [2.75, 3.05) is 0 Å². The van der Waals surface area contributed by atoms with E-state index >= 15 is 0 Å². The van der Waals surface area contributed by atoms with Crippen molar-refractivity contribution in [3.05, 3.63) is 130 Å². The minimum absolute atomic E-state index is 0.0530. The fraction of sp³-hybridized carbons (Fsp3) is 0.212. The Morgan fingerprint density at radius 1 is 0.974 bits per heavy atom. The number of carbonyl (C=O) groups is 2. The fourth-order valence-corrected chi connectivity index (χ4v) is 4.86. The van der Waals surface area contributed by atoms with Crippen molar-refractivity contribution in [3.63, 3.8) is 0 Å². The third-order valence-electron chi connectivity index (χ3n) is 6.98. The maximum Gasteiger partial charge on any atom is 0.296 e. The van der Waals surface area contributed by atoms with E-state index in [0.29, 0.717) is 29.6 Å². The molecule has 0 bridgehead atoms. The van der Waals surface area contributed by atoms with Gasteiger partial charge in [0.05, 0.1) is 24.4 Å². The quantitative estimate of drug-likeness (QED) is 0.155.